The van der Waals surface area contributed by atoms with Gasteiger partial charge in [-0.1, -0.05) is 37.9 Å². The van der Waals surface area contributed by atoms with E-state index >= 15 is 0 Å². The van der Waals surface area contributed by atoms with Crippen molar-refractivity contribution in [1.82, 2.24) is 0 Å². The fourth-order valence-electron chi connectivity index (χ4n) is 2.14. The average Bonchev–Trinajstić information content (AvgIpc) is 2.64. The maximum absolute atomic E-state index is 3.62. The van der Waals surface area contributed by atoms with E-state index in [2.05, 4.69) is 61.9 Å². The highest BCUT2D eigenvalue weighted by atomic mass is 79.9. The summed E-state index contributed by atoms with van der Waals surface area (Å²) < 4.78 is 1.20. The van der Waals surface area contributed by atoms with Crippen LogP contribution in [0.3, 0.4) is 0 Å². The van der Waals surface area contributed by atoms with E-state index in [0.29, 0.717) is 6.04 Å². The third kappa shape index (κ3) is 2.39. The molecule has 1 unspecified atom stereocenters. The lowest BCUT2D eigenvalue weighted by atomic mass is 10.2. The molecule has 0 aromatic heterocycles. The molecule has 1 aliphatic rings. The van der Waals surface area contributed by atoms with Gasteiger partial charge in [0.2, 0.25) is 0 Å². The van der Waals surface area contributed by atoms with Gasteiger partial charge in [0.05, 0.1) is 0 Å². The Labute approximate surface area is 108 Å². The number of rotatable bonds is 2. The molecule has 15 heavy (non-hydrogen) atoms. The number of halogens is 2. The van der Waals surface area contributed by atoms with Crippen LogP contribution in [0.1, 0.15) is 25.3 Å². The van der Waals surface area contributed by atoms with Crippen molar-refractivity contribution in [1.29, 1.82) is 0 Å². The van der Waals surface area contributed by atoms with Crippen molar-refractivity contribution in [2.24, 2.45) is 0 Å². The molecule has 1 aromatic rings. The second kappa shape index (κ2) is 4.88. The topological polar surface area (TPSA) is 3.24 Å². The minimum Gasteiger partial charge on any atom is -0.369 e. The van der Waals surface area contributed by atoms with Gasteiger partial charge in [0.25, 0.3) is 0 Å². The van der Waals surface area contributed by atoms with Crippen molar-refractivity contribution in [3.8, 4) is 0 Å². The molecular formula is C12H15Br2N. The summed E-state index contributed by atoms with van der Waals surface area (Å²) in [6, 6.07) is 7.34. The van der Waals surface area contributed by atoms with Crippen molar-refractivity contribution < 1.29 is 0 Å². The molecule has 0 saturated carbocycles. The fourth-order valence-corrected chi connectivity index (χ4v) is 3.51. The third-order valence-electron chi connectivity index (χ3n) is 3.07. The highest BCUT2D eigenvalue weighted by Crippen LogP contribution is 2.30. The Balaban J connectivity index is 2.25. The maximum atomic E-state index is 3.62. The standard InChI is InChI=1S/C12H15Br2N/c1-9-3-2-6-15(9)11-5-4-10(8-13)12(14)7-11/h4-5,7,9H,2-3,6,8H2,1H3. The van der Waals surface area contributed by atoms with Gasteiger partial charge in [-0.05, 0) is 37.5 Å². The van der Waals surface area contributed by atoms with Crippen LogP contribution in [0.4, 0.5) is 5.69 Å². The van der Waals surface area contributed by atoms with E-state index in [0.717, 1.165) is 5.33 Å². The van der Waals surface area contributed by atoms with Gasteiger partial charge in [-0.15, -0.1) is 0 Å². The first-order chi connectivity index (χ1) is 7.22. The van der Waals surface area contributed by atoms with Crippen molar-refractivity contribution in [3.63, 3.8) is 0 Å². The average molecular weight is 333 g/mol. The quantitative estimate of drug-likeness (QED) is 0.728. The van der Waals surface area contributed by atoms with Crippen LogP contribution in [-0.4, -0.2) is 12.6 Å². The van der Waals surface area contributed by atoms with E-state index < -0.39 is 0 Å². The summed E-state index contributed by atoms with van der Waals surface area (Å²) in [5.74, 6) is 0. The summed E-state index contributed by atoms with van der Waals surface area (Å²) in [6.45, 7) is 3.50. The lowest BCUT2D eigenvalue weighted by molar-refractivity contribution is 0.735. The van der Waals surface area contributed by atoms with Crippen LogP contribution >= 0.6 is 31.9 Å². The Hall–Kier alpha value is -0.0200. The van der Waals surface area contributed by atoms with Gasteiger partial charge in [0.15, 0.2) is 0 Å². The lowest BCUT2D eigenvalue weighted by Crippen LogP contribution is -2.26. The molecule has 0 bridgehead atoms. The van der Waals surface area contributed by atoms with Crippen LogP contribution in [0, 0.1) is 0 Å². The molecule has 1 aromatic carbocycles. The molecule has 82 valence electrons. The third-order valence-corrected chi connectivity index (χ3v) is 4.41. The van der Waals surface area contributed by atoms with E-state index in [-0.39, 0.29) is 0 Å². The number of nitrogens with zero attached hydrogens (tertiary/aromatic N) is 1. The molecule has 1 saturated heterocycles. The van der Waals surface area contributed by atoms with Gasteiger partial charge in [-0.3, -0.25) is 0 Å². The van der Waals surface area contributed by atoms with Gasteiger partial charge in [0.1, 0.15) is 0 Å². The zero-order valence-corrected chi connectivity index (χ0v) is 12.0. The molecule has 3 heteroatoms. The molecule has 0 aliphatic carbocycles. The van der Waals surface area contributed by atoms with Crippen LogP contribution in [-0.2, 0) is 5.33 Å². The van der Waals surface area contributed by atoms with Crippen molar-refractivity contribution in [2.75, 3.05) is 11.4 Å². The second-order valence-electron chi connectivity index (χ2n) is 4.09. The van der Waals surface area contributed by atoms with Gasteiger partial charge in [-0.25, -0.2) is 0 Å². The molecule has 1 aliphatic heterocycles. The SMILES string of the molecule is CC1CCCN1c1ccc(CBr)c(Br)c1. The number of anilines is 1. The molecule has 0 radical (unpaired) electrons. The van der Waals surface area contributed by atoms with E-state index in [1.54, 1.807) is 0 Å². The number of hydrogen-bond acceptors (Lipinski definition) is 1. The smallest absolute Gasteiger partial charge is 0.0380 e. The summed E-state index contributed by atoms with van der Waals surface area (Å²) in [4.78, 5) is 2.49. The minimum atomic E-state index is 0.687. The van der Waals surface area contributed by atoms with E-state index in [4.69, 9.17) is 0 Å². The number of alkyl halides is 1. The predicted octanol–water partition coefficient (Wildman–Crippen LogP) is 4.33. The van der Waals surface area contributed by atoms with Gasteiger partial charge >= 0.3 is 0 Å². The van der Waals surface area contributed by atoms with Crippen LogP contribution in [0.2, 0.25) is 0 Å². The van der Waals surface area contributed by atoms with Gasteiger partial charge < -0.3 is 4.90 Å². The monoisotopic (exact) mass is 331 g/mol. The highest BCUT2D eigenvalue weighted by Gasteiger charge is 2.20. The molecule has 1 atom stereocenters. The Morgan fingerprint density at radius 3 is 2.80 bits per heavy atom. The molecule has 0 amide bonds. The Morgan fingerprint density at radius 2 is 2.27 bits per heavy atom. The zero-order valence-electron chi connectivity index (χ0n) is 8.84. The van der Waals surface area contributed by atoms with Crippen molar-refractivity contribution >= 4 is 37.5 Å². The molecule has 2 rings (SSSR count). The first-order valence-corrected chi connectivity index (χ1v) is 7.25. The Morgan fingerprint density at radius 1 is 1.47 bits per heavy atom. The van der Waals surface area contributed by atoms with E-state index in [1.165, 1.54) is 35.1 Å². The Bertz CT molecular complexity index is 351. The lowest BCUT2D eigenvalue weighted by Gasteiger charge is -2.24. The predicted molar refractivity (Wildman–Crippen MR) is 72.8 cm³/mol. The molecule has 0 N–H and O–H groups in total. The molecular weight excluding hydrogens is 318 g/mol. The Kier molecular flexibility index (Phi) is 3.73. The first-order valence-electron chi connectivity index (χ1n) is 5.33. The first kappa shape index (κ1) is 11.5. The molecule has 1 nitrogen and oxygen atoms in total. The number of hydrogen-bond donors (Lipinski definition) is 0. The summed E-state index contributed by atoms with van der Waals surface area (Å²) in [5, 5.41) is 0.906. The van der Waals surface area contributed by atoms with Crippen LogP contribution in [0.5, 0.6) is 0 Å². The zero-order chi connectivity index (χ0) is 10.8. The molecule has 1 heterocycles. The fraction of sp³-hybridized carbons (Fsp3) is 0.500. The van der Waals surface area contributed by atoms with E-state index in [1.807, 2.05) is 0 Å². The van der Waals surface area contributed by atoms with Crippen LogP contribution < -0.4 is 4.90 Å². The largest absolute Gasteiger partial charge is 0.369 e. The van der Waals surface area contributed by atoms with Gasteiger partial charge in [-0.2, -0.15) is 0 Å². The normalized spacial score (nSPS) is 21.0. The molecule has 0 spiro atoms. The van der Waals surface area contributed by atoms with E-state index in [9.17, 15) is 0 Å². The van der Waals surface area contributed by atoms with Crippen molar-refractivity contribution in [2.45, 2.75) is 31.1 Å². The number of benzene rings is 1. The molecule has 1 fully saturated rings. The summed E-state index contributed by atoms with van der Waals surface area (Å²) in [7, 11) is 0. The van der Waals surface area contributed by atoms with Crippen molar-refractivity contribution in [3.05, 3.63) is 28.2 Å². The second-order valence-corrected chi connectivity index (χ2v) is 5.51. The van der Waals surface area contributed by atoms with Crippen LogP contribution in [0.25, 0.3) is 0 Å². The summed E-state index contributed by atoms with van der Waals surface area (Å²) >= 11 is 7.10. The highest BCUT2D eigenvalue weighted by molar-refractivity contribution is 9.10. The van der Waals surface area contributed by atoms with Crippen LogP contribution in [0.15, 0.2) is 22.7 Å². The summed E-state index contributed by atoms with van der Waals surface area (Å²) in [6.07, 6.45) is 2.64. The summed E-state index contributed by atoms with van der Waals surface area (Å²) in [5.41, 5.74) is 2.65. The maximum Gasteiger partial charge on any atom is 0.0380 e. The minimum absolute atomic E-state index is 0.687. The van der Waals surface area contributed by atoms with Gasteiger partial charge in [0, 0.05) is 28.1 Å².